The van der Waals surface area contributed by atoms with Gasteiger partial charge in [0.05, 0.1) is 11.7 Å². The van der Waals surface area contributed by atoms with Gasteiger partial charge in [-0.3, -0.25) is 4.79 Å². The maximum Gasteiger partial charge on any atom is 0.260 e. The number of piperidine rings is 1. The predicted molar refractivity (Wildman–Crippen MR) is 113 cm³/mol. The second-order valence-corrected chi connectivity index (χ2v) is 8.21. The predicted octanol–water partition coefficient (Wildman–Crippen LogP) is 3.60. The Hall–Kier alpha value is -2.63. The molecule has 0 bridgehead atoms. The van der Waals surface area contributed by atoms with Crippen LogP contribution in [0.2, 0.25) is 0 Å². The van der Waals surface area contributed by atoms with Crippen molar-refractivity contribution in [1.82, 2.24) is 4.90 Å². The van der Waals surface area contributed by atoms with Crippen LogP contribution >= 0.6 is 0 Å². The van der Waals surface area contributed by atoms with Crippen molar-refractivity contribution in [3.8, 4) is 0 Å². The van der Waals surface area contributed by atoms with E-state index in [0.29, 0.717) is 11.3 Å². The standard InChI is InChI=1S/C24H26N2O3/c1-15-20-14-16(8-11-26-12-9-17(27)10-13-26)6-7-18(20)23(29-15)22-19-4-2-3-5-21(19)25-24(22)28/h2-7,14-15,17,27H,8-13H2,1H3,(H,25,28). The second kappa shape index (κ2) is 7.32. The number of nitrogens with zero attached hydrogens (tertiary/aromatic N) is 1. The molecule has 1 amide bonds. The van der Waals surface area contributed by atoms with Crippen molar-refractivity contribution in [3.63, 3.8) is 0 Å². The highest BCUT2D eigenvalue weighted by Crippen LogP contribution is 2.45. The van der Waals surface area contributed by atoms with E-state index in [1.807, 2.05) is 31.2 Å². The number of aliphatic hydroxyl groups is 1. The first-order valence-corrected chi connectivity index (χ1v) is 10.5. The molecule has 3 heterocycles. The number of nitrogens with one attached hydrogen (secondary N) is 1. The van der Waals surface area contributed by atoms with E-state index in [4.69, 9.17) is 4.74 Å². The van der Waals surface area contributed by atoms with Crippen LogP contribution < -0.4 is 5.32 Å². The highest BCUT2D eigenvalue weighted by Gasteiger charge is 2.34. The number of aliphatic hydroxyl groups excluding tert-OH is 1. The van der Waals surface area contributed by atoms with Gasteiger partial charge in [-0.25, -0.2) is 0 Å². The summed E-state index contributed by atoms with van der Waals surface area (Å²) in [5.74, 6) is 0.587. The first-order valence-electron chi connectivity index (χ1n) is 10.5. The van der Waals surface area contributed by atoms with Gasteiger partial charge in [-0.2, -0.15) is 0 Å². The largest absolute Gasteiger partial charge is 0.484 e. The van der Waals surface area contributed by atoms with Gasteiger partial charge in [0.25, 0.3) is 5.91 Å². The van der Waals surface area contributed by atoms with Gasteiger partial charge >= 0.3 is 0 Å². The normalized spacial score (nSPS) is 24.2. The van der Waals surface area contributed by atoms with E-state index in [1.54, 1.807) is 0 Å². The molecule has 1 saturated heterocycles. The topological polar surface area (TPSA) is 61.8 Å². The summed E-state index contributed by atoms with van der Waals surface area (Å²) in [6.07, 6.45) is 2.52. The number of para-hydroxylation sites is 1. The molecule has 1 fully saturated rings. The van der Waals surface area contributed by atoms with Gasteiger partial charge < -0.3 is 20.1 Å². The van der Waals surface area contributed by atoms with Gasteiger partial charge in [-0.1, -0.05) is 36.4 Å². The van der Waals surface area contributed by atoms with Crippen LogP contribution in [-0.2, 0) is 16.0 Å². The summed E-state index contributed by atoms with van der Waals surface area (Å²) in [5.41, 5.74) is 5.83. The third-order valence-electron chi connectivity index (χ3n) is 6.27. The molecule has 0 radical (unpaired) electrons. The van der Waals surface area contributed by atoms with Gasteiger partial charge in [-0.15, -0.1) is 0 Å². The Labute approximate surface area is 171 Å². The average molecular weight is 390 g/mol. The van der Waals surface area contributed by atoms with E-state index >= 15 is 0 Å². The average Bonchev–Trinajstić information content (AvgIpc) is 3.23. The number of benzene rings is 2. The number of likely N-dealkylation sites (tertiary alicyclic amines) is 1. The first-order chi connectivity index (χ1) is 14.1. The molecule has 150 valence electrons. The fourth-order valence-electron chi connectivity index (χ4n) is 4.58. The summed E-state index contributed by atoms with van der Waals surface area (Å²) in [4.78, 5) is 15.1. The van der Waals surface area contributed by atoms with Gasteiger partial charge in [0.15, 0.2) is 0 Å². The maximum atomic E-state index is 12.6. The molecule has 0 spiro atoms. The molecular formula is C24H26N2O3. The molecule has 5 heteroatoms. The Kier molecular flexibility index (Phi) is 4.64. The monoisotopic (exact) mass is 390 g/mol. The lowest BCUT2D eigenvalue weighted by atomic mass is 9.96. The Morgan fingerprint density at radius 1 is 1.14 bits per heavy atom. The quantitative estimate of drug-likeness (QED) is 0.786. The molecule has 2 aromatic carbocycles. The fourth-order valence-corrected chi connectivity index (χ4v) is 4.58. The molecule has 3 aliphatic rings. The molecule has 5 rings (SSSR count). The number of rotatable bonds is 3. The third-order valence-corrected chi connectivity index (χ3v) is 6.27. The molecule has 2 N–H and O–H groups in total. The summed E-state index contributed by atoms with van der Waals surface area (Å²) >= 11 is 0. The number of amides is 1. The lowest BCUT2D eigenvalue weighted by Gasteiger charge is -2.29. The minimum Gasteiger partial charge on any atom is -0.484 e. The molecule has 2 aromatic rings. The van der Waals surface area contributed by atoms with Crippen LogP contribution in [0.25, 0.3) is 11.3 Å². The number of carbonyl (C=O) groups is 1. The van der Waals surface area contributed by atoms with E-state index < -0.39 is 0 Å². The van der Waals surface area contributed by atoms with Crippen LogP contribution in [0.4, 0.5) is 5.69 Å². The van der Waals surface area contributed by atoms with Crippen molar-refractivity contribution in [2.45, 2.75) is 38.4 Å². The Balaban J connectivity index is 1.41. The molecule has 0 saturated carbocycles. The summed E-state index contributed by atoms with van der Waals surface area (Å²) in [6.45, 7) is 4.98. The fraction of sp³-hybridized carbons (Fsp3) is 0.375. The first kappa shape index (κ1) is 18.4. The number of ether oxygens (including phenoxy) is 1. The minimum atomic E-state index is -0.131. The van der Waals surface area contributed by atoms with Gasteiger partial charge in [-0.05, 0) is 37.8 Å². The molecule has 29 heavy (non-hydrogen) atoms. The number of hydrogen-bond donors (Lipinski definition) is 2. The zero-order valence-corrected chi connectivity index (χ0v) is 16.6. The van der Waals surface area contributed by atoms with E-state index in [2.05, 4.69) is 28.4 Å². The van der Waals surface area contributed by atoms with Crippen molar-refractivity contribution in [2.75, 3.05) is 25.0 Å². The number of carbonyl (C=O) groups excluding carboxylic acids is 1. The number of hydrogen-bond acceptors (Lipinski definition) is 4. The van der Waals surface area contributed by atoms with E-state index in [-0.39, 0.29) is 18.1 Å². The summed E-state index contributed by atoms with van der Waals surface area (Å²) in [6, 6.07) is 14.2. The Morgan fingerprint density at radius 3 is 2.76 bits per heavy atom. The van der Waals surface area contributed by atoms with Crippen LogP contribution in [0.5, 0.6) is 0 Å². The highest BCUT2D eigenvalue weighted by molar-refractivity contribution is 6.36. The molecule has 1 unspecified atom stereocenters. The third kappa shape index (κ3) is 3.34. The Morgan fingerprint density at radius 2 is 1.93 bits per heavy atom. The smallest absolute Gasteiger partial charge is 0.260 e. The second-order valence-electron chi connectivity index (χ2n) is 8.21. The minimum absolute atomic E-state index is 0.0712. The highest BCUT2D eigenvalue weighted by atomic mass is 16.5. The van der Waals surface area contributed by atoms with Crippen molar-refractivity contribution in [1.29, 1.82) is 0 Å². The van der Waals surface area contributed by atoms with Crippen molar-refractivity contribution in [2.24, 2.45) is 0 Å². The SMILES string of the molecule is CC1OC(=C2C(=O)Nc3ccccc32)c2ccc(CCN3CCC(O)CC3)cc21. The van der Waals surface area contributed by atoms with Gasteiger partial charge in [0.2, 0.25) is 0 Å². The molecular weight excluding hydrogens is 364 g/mol. The molecule has 0 aromatic heterocycles. The summed E-state index contributed by atoms with van der Waals surface area (Å²) in [7, 11) is 0. The van der Waals surface area contributed by atoms with Crippen molar-refractivity contribution in [3.05, 3.63) is 64.7 Å². The van der Waals surface area contributed by atoms with Crippen LogP contribution in [0, 0.1) is 0 Å². The van der Waals surface area contributed by atoms with E-state index in [0.717, 1.165) is 61.3 Å². The van der Waals surface area contributed by atoms with E-state index in [1.165, 1.54) is 5.56 Å². The van der Waals surface area contributed by atoms with Crippen molar-refractivity contribution < 1.29 is 14.6 Å². The lowest BCUT2D eigenvalue weighted by Crippen LogP contribution is -2.37. The molecule has 5 nitrogen and oxygen atoms in total. The summed E-state index contributed by atoms with van der Waals surface area (Å²) in [5, 5.41) is 12.6. The lowest BCUT2D eigenvalue weighted by molar-refractivity contribution is -0.110. The van der Waals surface area contributed by atoms with Crippen LogP contribution in [0.1, 0.15) is 48.1 Å². The van der Waals surface area contributed by atoms with Crippen LogP contribution in [0.3, 0.4) is 0 Å². The summed E-state index contributed by atoms with van der Waals surface area (Å²) < 4.78 is 6.18. The van der Waals surface area contributed by atoms with Gasteiger partial charge in [0, 0.05) is 42.0 Å². The number of anilines is 1. The van der Waals surface area contributed by atoms with Gasteiger partial charge in [0.1, 0.15) is 11.9 Å². The zero-order chi connectivity index (χ0) is 20.0. The number of fused-ring (bicyclic) bond motifs is 2. The Bertz CT molecular complexity index is 989. The maximum absolute atomic E-state index is 12.6. The van der Waals surface area contributed by atoms with Crippen LogP contribution in [-0.4, -0.2) is 41.7 Å². The molecule has 3 aliphatic heterocycles. The molecule has 1 atom stereocenters. The van der Waals surface area contributed by atoms with Crippen LogP contribution in [0.15, 0.2) is 42.5 Å². The zero-order valence-electron chi connectivity index (χ0n) is 16.6. The van der Waals surface area contributed by atoms with Crippen molar-refractivity contribution >= 4 is 22.9 Å². The van der Waals surface area contributed by atoms with E-state index in [9.17, 15) is 9.90 Å². The molecule has 0 aliphatic carbocycles.